The molecular formula is C114H150ClN9O25. The Balaban J connectivity index is 0.000000272. The molecule has 4 aliphatic rings. The minimum Gasteiger partial charge on any atom is -0.481 e. The third-order valence-electron chi connectivity index (χ3n) is 26.0. The van der Waals surface area contributed by atoms with Gasteiger partial charge in [-0.05, 0) is 153 Å². The van der Waals surface area contributed by atoms with Crippen molar-refractivity contribution in [2.45, 2.75) is 231 Å². The van der Waals surface area contributed by atoms with Crippen molar-refractivity contribution in [3.63, 3.8) is 0 Å². The summed E-state index contributed by atoms with van der Waals surface area (Å²) in [5.41, 5.74) is 33.6. The summed E-state index contributed by atoms with van der Waals surface area (Å²) in [5, 5.41) is 52.2. The van der Waals surface area contributed by atoms with Crippen LogP contribution in [0.4, 0.5) is 28.8 Å². The maximum absolute atomic E-state index is 12.7. The fourth-order valence-corrected chi connectivity index (χ4v) is 17.3. The highest BCUT2D eigenvalue weighted by molar-refractivity contribution is 5.86. The fourth-order valence-electron chi connectivity index (χ4n) is 17.3. The molecule has 6 amide bonds. The molecule has 0 saturated heterocycles. The van der Waals surface area contributed by atoms with Crippen molar-refractivity contribution in [1.82, 2.24) is 31.9 Å². The molecule has 0 aromatic heterocycles. The van der Waals surface area contributed by atoms with Gasteiger partial charge in [0.25, 0.3) is 0 Å². The third kappa shape index (κ3) is 41.9. The highest BCUT2D eigenvalue weighted by Crippen LogP contribution is 2.49. The molecule has 12 rings (SSSR count). The topological polar surface area (TPSA) is 527 Å². The largest absolute Gasteiger partial charge is 0.481 e. The highest BCUT2D eigenvalue weighted by atomic mass is 35.5. The van der Waals surface area contributed by atoms with E-state index >= 15 is 0 Å². The molecule has 8 aromatic rings. The lowest BCUT2D eigenvalue weighted by Crippen LogP contribution is -2.38. The maximum Gasteiger partial charge on any atom is 0.407 e. The van der Waals surface area contributed by atoms with Crippen LogP contribution in [0, 0.1) is 11.8 Å². The van der Waals surface area contributed by atoms with Crippen LogP contribution in [0.25, 0.3) is 44.5 Å². The van der Waals surface area contributed by atoms with Crippen LogP contribution in [0.1, 0.15) is 245 Å². The van der Waals surface area contributed by atoms with E-state index < -0.39 is 79.0 Å². The first-order valence-electron chi connectivity index (χ1n) is 51.5. The van der Waals surface area contributed by atoms with Crippen LogP contribution in [0.2, 0.25) is 0 Å². The Morgan fingerprint density at radius 1 is 0.302 bits per heavy atom. The summed E-state index contributed by atoms with van der Waals surface area (Å²) in [4.78, 5) is 154. The maximum atomic E-state index is 12.7. The Morgan fingerprint density at radius 3 is 0.819 bits per heavy atom. The molecule has 149 heavy (non-hydrogen) atoms. The number of hydrogen-bond donors (Lipinski definition) is 13. The number of esters is 2. The molecule has 16 N–H and O–H groups in total. The van der Waals surface area contributed by atoms with Crippen LogP contribution in [0.15, 0.2) is 194 Å². The molecule has 6 unspecified atom stereocenters. The minimum absolute atomic E-state index is 0. The van der Waals surface area contributed by atoms with Crippen molar-refractivity contribution in [2.24, 2.45) is 29.0 Å². The first kappa shape index (κ1) is 122. The molecule has 8 aromatic carbocycles. The van der Waals surface area contributed by atoms with Crippen molar-refractivity contribution in [1.29, 1.82) is 0 Å². The smallest absolute Gasteiger partial charge is 0.407 e. The number of amides is 6. The number of benzene rings is 8. The van der Waals surface area contributed by atoms with E-state index in [1.165, 1.54) is 40.3 Å². The number of aliphatic hydroxyl groups is 3. The van der Waals surface area contributed by atoms with Gasteiger partial charge in [-0.1, -0.05) is 254 Å². The summed E-state index contributed by atoms with van der Waals surface area (Å²) in [6.07, 6.45) is 2.04. The molecule has 0 fully saturated rings. The average molecular weight is 2080 g/mol. The van der Waals surface area contributed by atoms with Crippen LogP contribution in [0.5, 0.6) is 0 Å². The number of halogens is 1. The van der Waals surface area contributed by atoms with Crippen LogP contribution in [-0.4, -0.2) is 227 Å². The standard InChI is InChI=1S/C36H48N2O8.C35H46N2O9.C22H25NO4.C18H20N2O3.C3H10N2O.ClH/c1-4-26(23-44-34(41)20-17-25(3)39)12-10-11-21-37-36(43)46-28(19-18-27(40)5-2)22-38-35(42)45-24-33-31-15-8-6-13-29(31)30-14-7-9-16-32(30)33;1-3-24(22-44-33(41)19-18-32(39)40)11-9-10-20-36-35(43)46-26(17-16-25(38)4-2)21-37-34(42)45-23-31-29-14-7-5-12-27(29)28-13-6-8-15-30(28)31;1-2-15(24)11-12-16(25)13-23-22(26)27-14-21-19-9-5-3-7-17(19)18-8-4-6-10-20(18)21;19-9-12(21)10-20-18(22)23-11-17-15-7-3-1-5-13(15)14-6-2-4-8-16(14)17;4-1-3(6)2-5;/h6-9,13-16,26,28,33H,4-5,10-12,17-24H2,1-3H3,(H,37,43)(H,38,42);5-8,12-15,24,26,31H,3-4,9-11,16-23H2,1-2H3,(H,36,43)(H,37,42)(H,39,40);3-10,16,21,25H,2,11-14H2,1H3,(H,23,26);1-8,12,17,21H,9-11,19H2,(H,20,22);3,6H,1-2,4-5H2;1H. The Labute approximate surface area is 879 Å². The molecule has 34 nitrogen and oxygen atoms in total. The number of fused-ring (bicyclic) bond motifs is 12. The minimum atomic E-state index is -1.04. The predicted molar refractivity (Wildman–Crippen MR) is 569 cm³/mol. The highest BCUT2D eigenvalue weighted by Gasteiger charge is 2.35. The molecule has 35 heteroatoms. The van der Waals surface area contributed by atoms with E-state index in [2.05, 4.69) is 105 Å². The summed E-state index contributed by atoms with van der Waals surface area (Å²) < 4.78 is 43.5. The zero-order chi connectivity index (χ0) is 107. The summed E-state index contributed by atoms with van der Waals surface area (Å²) in [6.45, 7) is 13.8. The number of nitrogens with one attached hydrogen (secondary N) is 6. The zero-order valence-corrected chi connectivity index (χ0v) is 87.1. The van der Waals surface area contributed by atoms with Gasteiger partial charge >= 0.3 is 54.5 Å². The van der Waals surface area contributed by atoms with E-state index in [-0.39, 0.29) is 207 Å². The molecule has 808 valence electrons. The number of unbranched alkanes of at least 4 members (excludes halogenated alkanes) is 2. The van der Waals surface area contributed by atoms with Crippen molar-refractivity contribution in [3.05, 3.63) is 239 Å². The van der Waals surface area contributed by atoms with Crippen molar-refractivity contribution < 1.29 is 121 Å². The number of aliphatic carboxylic acids is 1. The fraction of sp³-hybridized carbons (Fsp3) is 0.465. The molecule has 0 aliphatic heterocycles. The number of carbonyl (C=O) groups excluding carboxylic acids is 12. The van der Waals surface area contributed by atoms with Crippen LogP contribution >= 0.6 is 12.4 Å². The van der Waals surface area contributed by atoms with E-state index in [0.29, 0.717) is 64.6 Å². The molecule has 0 spiro atoms. The van der Waals surface area contributed by atoms with Gasteiger partial charge in [-0.3, -0.25) is 28.8 Å². The van der Waals surface area contributed by atoms with Crippen molar-refractivity contribution in [3.8, 4) is 44.5 Å². The molecule has 0 saturated carbocycles. The normalized spacial score (nSPS) is 13.1. The number of nitrogens with two attached hydrogens (primary N) is 3. The number of aliphatic hydroxyl groups excluding tert-OH is 3. The summed E-state index contributed by atoms with van der Waals surface area (Å²) >= 11 is 0. The van der Waals surface area contributed by atoms with Gasteiger partial charge in [-0.25, -0.2) is 28.8 Å². The number of Topliss-reactive ketones (excluding diaryl/α,β-unsaturated/α-hetero) is 4. The number of rotatable bonds is 55. The van der Waals surface area contributed by atoms with Gasteiger partial charge in [0, 0.05) is 114 Å². The lowest BCUT2D eigenvalue weighted by molar-refractivity contribution is -0.148. The van der Waals surface area contributed by atoms with Gasteiger partial charge < -0.3 is 112 Å². The molecule has 4 aliphatic carbocycles. The molecule has 0 radical (unpaired) electrons. The number of ether oxygens (including phenoxy) is 8. The summed E-state index contributed by atoms with van der Waals surface area (Å²) in [7, 11) is 0. The Morgan fingerprint density at radius 2 is 0.564 bits per heavy atom. The van der Waals surface area contributed by atoms with Gasteiger partial charge in [0.2, 0.25) is 0 Å². The van der Waals surface area contributed by atoms with Gasteiger partial charge in [-0.15, -0.1) is 12.4 Å². The first-order chi connectivity index (χ1) is 71.5. The quantitative estimate of drug-likeness (QED) is 0.00956. The van der Waals surface area contributed by atoms with Crippen molar-refractivity contribution >= 4 is 90.0 Å². The van der Waals surface area contributed by atoms with Gasteiger partial charge in [0.15, 0.2) is 0 Å². The SMILES string of the molecule is CCC(=O)CCC(CNC(=O)OCC1c2ccccc2-c2ccccc21)OC(=O)NCCCCC(CC)COC(=O)CCC(=O)O.CCC(=O)CCC(CNC(=O)OCC1c2ccccc2-c2ccccc21)OC(=O)NCCCCC(CC)COC(=O)CCC(C)=O.CCC(=O)CCC(O)CNC(=O)OCC1c2ccccc2-c2ccccc21.Cl.NCC(O)CN.NCC(O)CNC(=O)OCC1c2ccccc2-c2ccccc21. The number of carbonyl (C=O) groups is 13. The molecular weight excluding hydrogens is 1930 g/mol. The van der Waals surface area contributed by atoms with E-state index in [9.17, 15) is 72.5 Å². The predicted octanol–water partition coefficient (Wildman–Crippen LogP) is 16.6. The Kier molecular flexibility index (Phi) is 55.5. The van der Waals surface area contributed by atoms with Crippen LogP contribution in [0.3, 0.4) is 0 Å². The lowest BCUT2D eigenvalue weighted by Gasteiger charge is -2.19. The molecule has 6 atom stereocenters. The number of carboxylic acid groups (broad SMARTS) is 1. The van der Waals surface area contributed by atoms with Gasteiger partial charge in [0.1, 0.15) is 61.8 Å². The van der Waals surface area contributed by atoms with Gasteiger partial charge in [0.05, 0.1) is 63.9 Å². The summed E-state index contributed by atoms with van der Waals surface area (Å²) in [5.74, 6) is -1.53. The Hall–Kier alpha value is -13.5. The second kappa shape index (κ2) is 67.5. The van der Waals surface area contributed by atoms with Gasteiger partial charge in [-0.2, -0.15) is 0 Å². The molecule has 0 bridgehead atoms. The lowest BCUT2D eigenvalue weighted by atomic mass is 9.98. The summed E-state index contributed by atoms with van der Waals surface area (Å²) in [6, 6.07) is 65.0. The average Bonchev–Trinajstić information content (AvgIpc) is 1.63. The molecule has 0 heterocycles. The third-order valence-corrected chi connectivity index (χ3v) is 26.0. The number of ketones is 4. The second-order valence-electron chi connectivity index (χ2n) is 36.7. The number of alkyl carbamates (subject to hydrolysis) is 6. The number of carboxylic acids is 1. The van der Waals surface area contributed by atoms with Crippen molar-refractivity contribution in [2.75, 3.05) is 98.5 Å². The zero-order valence-electron chi connectivity index (χ0n) is 86.3. The van der Waals surface area contributed by atoms with E-state index in [1.54, 1.807) is 20.8 Å². The van der Waals surface area contributed by atoms with E-state index in [0.717, 1.165) is 94.2 Å². The monoisotopic (exact) mass is 2080 g/mol. The van der Waals surface area contributed by atoms with E-state index in [1.807, 2.05) is 135 Å². The van der Waals surface area contributed by atoms with Crippen LogP contribution < -0.4 is 49.1 Å². The van der Waals surface area contributed by atoms with E-state index in [4.69, 9.17) is 65.3 Å². The second-order valence-corrected chi connectivity index (χ2v) is 36.7. The van der Waals surface area contributed by atoms with Crippen LogP contribution in [-0.2, 0) is 71.5 Å². The number of hydrogen-bond acceptors (Lipinski definition) is 27. The Bertz CT molecular complexity index is 5200. The first-order valence-corrected chi connectivity index (χ1v) is 51.5.